The van der Waals surface area contributed by atoms with Crippen LogP contribution in [0.15, 0.2) is 0 Å². The minimum Gasteiger partial charge on any atom is -0.772 e. The van der Waals surface area contributed by atoms with Gasteiger partial charge in [0.1, 0.15) is 0 Å². The smallest absolute Gasteiger partial charge is 0.0226 e. The summed E-state index contributed by atoms with van der Waals surface area (Å²) in [6, 6.07) is 0. The largest absolute Gasteiger partial charge is 0.772 e. The number of rotatable bonds is 16. The van der Waals surface area contributed by atoms with E-state index >= 15 is 0 Å². The Morgan fingerprint density at radius 3 is 1.30 bits per heavy atom. The average molecular weight is 367 g/mol. The second-order valence-electron chi connectivity index (χ2n) is 6.41. The average Bonchev–Trinajstić information content (AvgIpc) is 2.51. The van der Waals surface area contributed by atoms with Crippen molar-refractivity contribution in [3.63, 3.8) is 0 Å². The number of hydrogen-bond donors (Lipinski definition) is 0. The van der Waals surface area contributed by atoms with Gasteiger partial charge in [0.25, 0.3) is 0 Å². The molecule has 140 valence electrons. The van der Waals surface area contributed by atoms with Crippen LogP contribution < -0.4 is 0 Å². The summed E-state index contributed by atoms with van der Waals surface area (Å²) >= 11 is -4.36. The highest BCUT2D eigenvalue weighted by Crippen LogP contribution is 2.20. The van der Waals surface area contributed by atoms with Crippen molar-refractivity contribution in [1.82, 2.24) is 0 Å². The molecular weight excluding hydrogens is 332 g/mol. The fourth-order valence-corrected chi connectivity index (χ4v) is 4.45. The summed E-state index contributed by atoms with van der Waals surface area (Å²) in [6.45, 7) is 4.29. The zero-order chi connectivity index (χ0) is 17.5. The summed E-state index contributed by atoms with van der Waals surface area (Å²) in [4.78, 5) is 0. The molecule has 4 unspecified atom stereocenters. The molecule has 0 saturated heterocycles. The zero-order valence-electron chi connectivity index (χ0n) is 14.8. The summed E-state index contributed by atoms with van der Waals surface area (Å²) in [5.74, 6) is 0. The van der Waals surface area contributed by atoms with Gasteiger partial charge in [-0.05, 0) is 19.3 Å². The van der Waals surface area contributed by atoms with Gasteiger partial charge in [0, 0.05) is 10.5 Å². The van der Waals surface area contributed by atoms with Gasteiger partial charge in [0.2, 0.25) is 0 Å². The first-order valence-corrected chi connectivity index (χ1v) is 11.5. The van der Waals surface area contributed by atoms with E-state index < -0.39 is 32.7 Å². The lowest BCUT2D eigenvalue weighted by Gasteiger charge is -2.27. The van der Waals surface area contributed by atoms with Gasteiger partial charge < -0.3 is 9.11 Å². The van der Waals surface area contributed by atoms with Gasteiger partial charge in [-0.2, -0.15) is 0 Å². The fourth-order valence-electron chi connectivity index (χ4n) is 2.83. The Bertz CT molecular complexity index is 294. The molecule has 0 aliphatic heterocycles. The molecule has 23 heavy (non-hydrogen) atoms. The summed E-state index contributed by atoms with van der Waals surface area (Å²) in [5.41, 5.74) is 0. The maximum absolute atomic E-state index is 11.4. The van der Waals surface area contributed by atoms with Crippen LogP contribution in [0.5, 0.6) is 0 Å². The van der Waals surface area contributed by atoms with Crippen molar-refractivity contribution in [2.75, 3.05) is 0 Å². The maximum atomic E-state index is 11.4. The number of hydrogen-bond acceptors (Lipinski definition) is 4. The maximum Gasteiger partial charge on any atom is 0.0226 e. The van der Waals surface area contributed by atoms with Gasteiger partial charge in [0.15, 0.2) is 0 Å². The molecule has 0 rings (SSSR count). The second kappa shape index (κ2) is 15.7. The summed E-state index contributed by atoms with van der Waals surface area (Å²) in [6.07, 6.45) is 12.2. The monoisotopic (exact) mass is 366 g/mol. The summed E-state index contributed by atoms with van der Waals surface area (Å²) < 4.78 is 45.6. The highest BCUT2D eigenvalue weighted by atomic mass is 32.2. The SMILES string of the molecule is CCCCCCCC(CC(CCCCCCC)S(=O)[O-])S(=O)[O-]. The molecule has 0 aromatic carbocycles. The molecule has 0 aliphatic carbocycles. The lowest BCUT2D eigenvalue weighted by molar-refractivity contribution is 0.467. The van der Waals surface area contributed by atoms with Crippen LogP contribution in [0.4, 0.5) is 0 Å². The molecule has 6 heteroatoms. The van der Waals surface area contributed by atoms with Gasteiger partial charge in [-0.15, -0.1) is 0 Å². The topological polar surface area (TPSA) is 80.3 Å². The third kappa shape index (κ3) is 13.2. The van der Waals surface area contributed by atoms with Crippen molar-refractivity contribution < 1.29 is 17.5 Å². The summed E-state index contributed by atoms with van der Waals surface area (Å²) in [7, 11) is 0. The Kier molecular flexibility index (Phi) is 15.9. The van der Waals surface area contributed by atoms with Gasteiger partial charge in [0.05, 0.1) is 0 Å². The van der Waals surface area contributed by atoms with E-state index in [0.29, 0.717) is 12.8 Å². The summed E-state index contributed by atoms with van der Waals surface area (Å²) in [5, 5.41) is -1.04. The van der Waals surface area contributed by atoms with Crippen molar-refractivity contribution >= 4 is 22.2 Å². The molecule has 0 bridgehead atoms. The van der Waals surface area contributed by atoms with Crippen molar-refractivity contribution in [1.29, 1.82) is 0 Å². The standard InChI is InChI=1S/C17H36O4S2/c1-3-5-7-9-11-13-16(22(18)19)15-17(23(20)21)14-12-10-8-6-4-2/h16-17H,3-15H2,1-2H3,(H,18,19)(H,20,21)/p-2. The van der Waals surface area contributed by atoms with Crippen LogP contribution in [0.1, 0.15) is 97.3 Å². The Labute approximate surface area is 147 Å². The minimum atomic E-state index is -2.18. The Hall–Kier alpha value is 0.220. The Balaban J connectivity index is 4.19. The van der Waals surface area contributed by atoms with E-state index in [0.717, 1.165) is 51.4 Å². The highest BCUT2D eigenvalue weighted by molar-refractivity contribution is 7.80. The minimum absolute atomic E-state index is 0.258. The van der Waals surface area contributed by atoms with Gasteiger partial charge in [-0.25, -0.2) is 0 Å². The van der Waals surface area contributed by atoms with Crippen LogP contribution in [0.3, 0.4) is 0 Å². The molecule has 0 aromatic rings. The van der Waals surface area contributed by atoms with E-state index in [9.17, 15) is 17.5 Å². The van der Waals surface area contributed by atoms with Crippen LogP contribution >= 0.6 is 0 Å². The molecule has 4 nitrogen and oxygen atoms in total. The fraction of sp³-hybridized carbons (Fsp3) is 1.00. The zero-order valence-corrected chi connectivity index (χ0v) is 16.4. The third-order valence-electron chi connectivity index (χ3n) is 4.33. The number of unbranched alkanes of at least 4 members (excludes halogenated alkanes) is 8. The van der Waals surface area contributed by atoms with Gasteiger partial charge in [-0.1, -0.05) is 100 Å². The molecule has 0 N–H and O–H groups in total. The van der Waals surface area contributed by atoms with Crippen molar-refractivity contribution in [3.05, 3.63) is 0 Å². The second-order valence-corrected chi connectivity index (χ2v) is 8.78. The molecule has 0 amide bonds. The third-order valence-corrected chi connectivity index (χ3v) is 6.27. The lowest BCUT2D eigenvalue weighted by atomic mass is 10.0. The molecule has 4 atom stereocenters. The molecule has 0 radical (unpaired) electrons. The molecule has 0 saturated carbocycles. The molecule has 0 aromatic heterocycles. The quantitative estimate of drug-likeness (QED) is 0.295. The van der Waals surface area contributed by atoms with E-state index in [1.165, 1.54) is 12.8 Å². The van der Waals surface area contributed by atoms with Gasteiger partial charge >= 0.3 is 0 Å². The first-order chi connectivity index (χ1) is 11.0. The van der Waals surface area contributed by atoms with Crippen molar-refractivity contribution in [2.45, 2.75) is 108 Å². The molecule has 0 aliphatic rings. The van der Waals surface area contributed by atoms with Gasteiger partial charge in [-0.3, -0.25) is 8.42 Å². The van der Waals surface area contributed by atoms with Crippen LogP contribution in [0, 0.1) is 0 Å². The normalized spacial score (nSPS) is 16.9. The van der Waals surface area contributed by atoms with E-state index in [1.54, 1.807) is 0 Å². The highest BCUT2D eigenvalue weighted by Gasteiger charge is 2.18. The molecule has 0 fully saturated rings. The molecule has 0 spiro atoms. The first-order valence-electron chi connectivity index (χ1n) is 9.19. The van der Waals surface area contributed by atoms with E-state index in [2.05, 4.69) is 13.8 Å². The van der Waals surface area contributed by atoms with E-state index in [1.807, 2.05) is 0 Å². The van der Waals surface area contributed by atoms with Crippen molar-refractivity contribution in [3.8, 4) is 0 Å². The predicted octanol–water partition coefficient (Wildman–Crippen LogP) is 4.59. The Morgan fingerprint density at radius 2 is 1.00 bits per heavy atom. The van der Waals surface area contributed by atoms with E-state index in [-0.39, 0.29) is 6.42 Å². The van der Waals surface area contributed by atoms with E-state index in [4.69, 9.17) is 0 Å². The van der Waals surface area contributed by atoms with Crippen LogP contribution in [-0.4, -0.2) is 28.0 Å². The lowest BCUT2D eigenvalue weighted by Crippen LogP contribution is -2.25. The first kappa shape index (κ1) is 23.2. The van der Waals surface area contributed by atoms with Crippen LogP contribution in [0.2, 0.25) is 0 Å². The molecular formula is C17H34O4S2-2. The van der Waals surface area contributed by atoms with Crippen LogP contribution in [-0.2, 0) is 22.2 Å². The van der Waals surface area contributed by atoms with Crippen molar-refractivity contribution in [2.24, 2.45) is 0 Å². The predicted molar refractivity (Wildman–Crippen MR) is 96.8 cm³/mol. The molecule has 0 heterocycles. The van der Waals surface area contributed by atoms with Crippen LogP contribution in [0.25, 0.3) is 0 Å². The Morgan fingerprint density at radius 1 is 0.652 bits per heavy atom.